The molecule has 0 saturated carbocycles. The smallest absolute Gasteiger partial charge is 0.103 e. The molecule has 0 aliphatic carbocycles. The van der Waals surface area contributed by atoms with Crippen LogP contribution in [0.4, 0.5) is 0 Å². The van der Waals surface area contributed by atoms with Crippen LogP contribution in [0.1, 0.15) is 0 Å². The van der Waals surface area contributed by atoms with Crippen LogP contribution in [0.15, 0.2) is 0 Å². The highest BCUT2D eigenvalue weighted by molar-refractivity contribution is 4.81. The van der Waals surface area contributed by atoms with Gasteiger partial charge in [0.05, 0.1) is 13.2 Å². The van der Waals surface area contributed by atoms with Gasteiger partial charge in [0.2, 0.25) is 0 Å². The molecule has 1 saturated heterocycles. The highest BCUT2D eigenvalue weighted by Gasteiger charge is 1.94. The van der Waals surface area contributed by atoms with Gasteiger partial charge in [-0.05, 0) is 0 Å². The zero-order valence-corrected chi connectivity index (χ0v) is 4.05. The fourth-order valence-electron chi connectivity index (χ4n) is 0. The summed E-state index contributed by atoms with van der Waals surface area (Å²) in [5, 5.41) is 7.64. The summed E-state index contributed by atoms with van der Waals surface area (Å²) in [5.41, 5.74) is 0. The summed E-state index contributed by atoms with van der Waals surface area (Å²) < 4.78 is 4.50. The molecule has 0 atom stereocenters. The third-order valence-corrected chi connectivity index (χ3v) is 0.295. The number of ether oxygens (including phenoxy) is 1. The van der Waals surface area contributed by atoms with Crippen LogP contribution in [-0.2, 0) is 4.74 Å². The van der Waals surface area contributed by atoms with Gasteiger partial charge in [-0.3, -0.25) is 0 Å². The van der Waals surface area contributed by atoms with Crippen molar-refractivity contribution in [3.8, 4) is 12.3 Å². The maximum atomic E-state index is 7.64. The number of aliphatic hydroxyl groups excluding tert-OH is 1. The molecular formula is C5H8O2. The van der Waals surface area contributed by atoms with Gasteiger partial charge < -0.3 is 9.84 Å². The largest absolute Gasteiger partial charge is 0.384 e. The number of hydrogen-bond donors (Lipinski definition) is 1. The van der Waals surface area contributed by atoms with Gasteiger partial charge in [0.1, 0.15) is 6.61 Å². The molecule has 0 aromatic carbocycles. The molecule has 1 N–H and O–H groups in total. The number of epoxide rings is 1. The second-order valence-electron chi connectivity index (χ2n) is 0.975. The fourth-order valence-corrected chi connectivity index (χ4v) is 0. The Balaban J connectivity index is 0.000000105. The van der Waals surface area contributed by atoms with Gasteiger partial charge >= 0.3 is 0 Å². The van der Waals surface area contributed by atoms with E-state index in [2.05, 4.69) is 11.2 Å². The lowest BCUT2D eigenvalue weighted by molar-refractivity contribution is 0.351. The molecule has 2 heteroatoms. The second-order valence-corrected chi connectivity index (χ2v) is 0.975. The summed E-state index contributed by atoms with van der Waals surface area (Å²) in [4.78, 5) is 0. The Kier molecular flexibility index (Phi) is 5.07. The summed E-state index contributed by atoms with van der Waals surface area (Å²) >= 11 is 0. The van der Waals surface area contributed by atoms with Crippen LogP contribution < -0.4 is 0 Å². The van der Waals surface area contributed by atoms with Crippen LogP contribution in [0.3, 0.4) is 0 Å². The molecule has 0 radical (unpaired) electrons. The molecular weight excluding hydrogens is 92.1 g/mol. The maximum absolute atomic E-state index is 7.64. The van der Waals surface area contributed by atoms with Gasteiger partial charge in [0.25, 0.3) is 0 Å². The van der Waals surface area contributed by atoms with E-state index in [0.717, 1.165) is 13.2 Å². The van der Waals surface area contributed by atoms with Crippen molar-refractivity contribution in [2.45, 2.75) is 0 Å². The van der Waals surface area contributed by atoms with Crippen LogP contribution in [0.25, 0.3) is 0 Å². The Morgan fingerprint density at radius 2 is 2.00 bits per heavy atom. The minimum absolute atomic E-state index is 0.153. The molecule has 0 aromatic heterocycles. The summed E-state index contributed by atoms with van der Waals surface area (Å²) in [6.07, 6.45) is 4.53. The highest BCUT2D eigenvalue weighted by Crippen LogP contribution is 1.84. The zero-order chi connectivity index (χ0) is 5.54. The third-order valence-electron chi connectivity index (χ3n) is 0.295. The average molecular weight is 100 g/mol. The van der Waals surface area contributed by atoms with Crippen molar-refractivity contribution in [1.29, 1.82) is 0 Å². The van der Waals surface area contributed by atoms with E-state index < -0.39 is 0 Å². The first kappa shape index (κ1) is 6.48. The molecule has 40 valence electrons. The van der Waals surface area contributed by atoms with E-state index in [1.807, 2.05) is 5.92 Å². The third kappa shape index (κ3) is 30.3. The fraction of sp³-hybridized carbons (Fsp3) is 0.600. The SMILES string of the molecule is C#CCO.C1CO1. The molecule has 0 bridgehead atoms. The Morgan fingerprint density at radius 3 is 2.00 bits per heavy atom. The summed E-state index contributed by atoms with van der Waals surface area (Å²) in [6.45, 7) is 1.85. The first-order valence-corrected chi connectivity index (χ1v) is 2.04. The maximum Gasteiger partial charge on any atom is 0.103 e. The first-order chi connectivity index (χ1) is 3.41. The lowest BCUT2D eigenvalue weighted by Gasteiger charge is -1.55. The average Bonchev–Trinajstić information content (AvgIpc) is 2.47. The standard InChI is InChI=1S/C3H4O.C2H4O/c1-2-3-4;1-2-3-1/h1,4H,3H2;1-2H2. The number of hydrogen-bond acceptors (Lipinski definition) is 2. The zero-order valence-electron chi connectivity index (χ0n) is 4.05. The van der Waals surface area contributed by atoms with E-state index in [1.165, 1.54) is 0 Å². The molecule has 2 nitrogen and oxygen atoms in total. The Bertz CT molecular complexity index is 58.2. The molecule has 0 aromatic rings. The van der Waals surface area contributed by atoms with E-state index in [-0.39, 0.29) is 6.61 Å². The molecule has 1 rings (SSSR count). The summed E-state index contributed by atoms with van der Waals surface area (Å²) in [7, 11) is 0. The highest BCUT2D eigenvalue weighted by atomic mass is 16.6. The molecule has 0 spiro atoms. The van der Waals surface area contributed by atoms with E-state index in [9.17, 15) is 0 Å². The normalized spacial score (nSPS) is 13.1. The molecule has 0 unspecified atom stereocenters. The van der Waals surface area contributed by atoms with Crippen molar-refractivity contribution in [3.05, 3.63) is 0 Å². The molecule has 1 heterocycles. The topological polar surface area (TPSA) is 32.8 Å². The Morgan fingerprint density at radius 1 is 1.71 bits per heavy atom. The van der Waals surface area contributed by atoms with Gasteiger partial charge in [-0.15, -0.1) is 6.42 Å². The van der Waals surface area contributed by atoms with Crippen LogP contribution >= 0.6 is 0 Å². The number of rotatable bonds is 0. The van der Waals surface area contributed by atoms with Gasteiger partial charge in [-0.1, -0.05) is 5.92 Å². The summed E-state index contributed by atoms with van der Waals surface area (Å²) in [5.74, 6) is 1.99. The second kappa shape index (κ2) is 5.48. The van der Waals surface area contributed by atoms with Crippen molar-refractivity contribution in [2.24, 2.45) is 0 Å². The number of aliphatic hydroxyl groups is 1. The van der Waals surface area contributed by atoms with Crippen LogP contribution in [0, 0.1) is 12.3 Å². The number of terminal acetylenes is 1. The Labute approximate surface area is 43.1 Å². The van der Waals surface area contributed by atoms with Crippen molar-refractivity contribution in [3.63, 3.8) is 0 Å². The van der Waals surface area contributed by atoms with E-state index in [0.29, 0.717) is 0 Å². The minimum Gasteiger partial charge on any atom is -0.384 e. The van der Waals surface area contributed by atoms with E-state index >= 15 is 0 Å². The monoisotopic (exact) mass is 100 g/mol. The van der Waals surface area contributed by atoms with Crippen LogP contribution in [0.5, 0.6) is 0 Å². The molecule has 0 amide bonds. The van der Waals surface area contributed by atoms with Crippen molar-refractivity contribution in [2.75, 3.05) is 19.8 Å². The van der Waals surface area contributed by atoms with Crippen LogP contribution in [-0.4, -0.2) is 24.9 Å². The van der Waals surface area contributed by atoms with Crippen molar-refractivity contribution in [1.82, 2.24) is 0 Å². The van der Waals surface area contributed by atoms with Crippen molar-refractivity contribution < 1.29 is 9.84 Å². The predicted molar refractivity (Wildman–Crippen MR) is 26.7 cm³/mol. The van der Waals surface area contributed by atoms with E-state index in [4.69, 9.17) is 5.11 Å². The molecule has 1 aliphatic heterocycles. The lowest BCUT2D eigenvalue weighted by atomic mass is 10.8. The predicted octanol–water partition coefficient (Wildman–Crippen LogP) is -0.371. The quantitative estimate of drug-likeness (QED) is 0.333. The Hall–Kier alpha value is -0.520. The minimum atomic E-state index is -0.153. The van der Waals surface area contributed by atoms with Gasteiger partial charge in [0.15, 0.2) is 0 Å². The van der Waals surface area contributed by atoms with Gasteiger partial charge in [-0.25, -0.2) is 0 Å². The van der Waals surface area contributed by atoms with Gasteiger partial charge in [0, 0.05) is 0 Å². The lowest BCUT2D eigenvalue weighted by Crippen LogP contribution is -1.64. The molecule has 1 fully saturated rings. The molecule has 1 aliphatic rings. The van der Waals surface area contributed by atoms with Gasteiger partial charge in [-0.2, -0.15) is 0 Å². The van der Waals surface area contributed by atoms with Crippen molar-refractivity contribution >= 4 is 0 Å². The first-order valence-electron chi connectivity index (χ1n) is 2.04. The van der Waals surface area contributed by atoms with Crippen LogP contribution in [0.2, 0.25) is 0 Å². The molecule has 7 heavy (non-hydrogen) atoms. The summed E-state index contributed by atoms with van der Waals surface area (Å²) in [6, 6.07) is 0. The van der Waals surface area contributed by atoms with E-state index in [1.54, 1.807) is 0 Å².